The summed E-state index contributed by atoms with van der Waals surface area (Å²) in [4.78, 5) is 2.08. The molecule has 0 saturated carbocycles. The van der Waals surface area contributed by atoms with Gasteiger partial charge in [0.15, 0.2) is 0 Å². The maximum absolute atomic E-state index is 5.60. The molecule has 16 heavy (non-hydrogen) atoms. The third kappa shape index (κ3) is 3.59. The van der Waals surface area contributed by atoms with Crippen LogP contribution in [-0.2, 0) is 0 Å². The molecule has 0 N–H and O–H groups in total. The largest absolute Gasteiger partial charge is 0.496 e. The average Bonchev–Trinajstić information content (AvgIpc) is 2.28. The molecule has 3 heteroatoms. The molecular formula is C13H19NO2. The number of rotatable bonds is 6. The molecule has 0 aliphatic carbocycles. The zero-order chi connectivity index (χ0) is 12.0. The minimum Gasteiger partial charge on any atom is -0.496 e. The summed E-state index contributed by atoms with van der Waals surface area (Å²) < 4.78 is 10.8. The van der Waals surface area contributed by atoms with E-state index < -0.39 is 0 Å². The van der Waals surface area contributed by atoms with Gasteiger partial charge in [0.05, 0.1) is 7.11 Å². The number of nitrogens with zero attached hydrogens (tertiary/aromatic N) is 1. The van der Waals surface area contributed by atoms with Crippen LogP contribution in [0, 0.1) is 0 Å². The first-order valence-electron chi connectivity index (χ1n) is 5.25. The Morgan fingerprint density at radius 1 is 1.38 bits per heavy atom. The van der Waals surface area contributed by atoms with Crippen molar-refractivity contribution in [2.75, 3.05) is 34.4 Å². The molecule has 0 amide bonds. The molecule has 0 atom stereocenters. The van der Waals surface area contributed by atoms with Crippen molar-refractivity contribution in [3.8, 4) is 11.5 Å². The summed E-state index contributed by atoms with van der Waals surface area (Å²) in [6.45, 7) is 5.29. The second-order valence-electron chi connectivity index (χ2n) is 3.76. The Hall–Kier alpha value is -1.48. The van der Waals surface area contributed by atoms with Gasteiger partial charge in [0.2, 0.25) is 0 Å². The average molecular weight is 221 g/mol. The van der Waals surface area contributed by atoms with Crippen LogP contribution in [0.1, 0.15) is 5.56 Å². The van der Waals surface area contributed by atoms with Gasteiger partial charge in [-0.25, -0.2) is 0 Å². The Kier molecular flexibility index (Phi) is 4.86. The lowest BCUT2D eigenvalue weighted by Gasteiger charge is -2.12. The molecule has 0 bridgehead atoms. The zero-order valence-electron chi connectivity index (χ0n) is 10.2. The van der Waals surface area contributed by atoms with Crippen LogP contribution in [0.5, 0.6) is 11.5 Å². The number of benzene rings is 1. The van der Waals surface area contributed by atoms with E-state index in [-0.39, 0.29) is 0 Å². The molecule has 88 valence electrons. The highest BCUT2D eigenvalue weighted by molar-refractivity contribution is 5.57. The van der Waals surface area contributed by atoms with E-state index in [0.717, 1.165) is 23.6 Å². The number of hydrogen-bond donors (Lipinski definition) is 0. The van der Waals surface area contributed by atoms with Gasteiger partial charge in [-0.1, -0.05) is 12.7 Å². The van der Waals surface area contributed by atoms with Gasteiger partial charge in [-0.3, -0.25) is 0 Å². The standard InChI is InChI=1S/C13H19NO2/c1-5-11-6-7-12(10-13(11)15-4)16-9-8-14(2)3/h5-7,10H,1,8-9H2,2-4H3. The first kappa shape index (κ1) is 12.6. The van der Waals surface area contributed by atoms with Gasteiger partial charge in [0, 0.05) is 18.2 Å². The quantitative estimate of drug-likeness (QED) is 0.735. The number of likely N-dealkylation sites (N-methyl/N-ethyl adjacent to an activating group) is 1. The lowest BCUT2D eigenvalue weighted by atomic mass is 10.2. The van der Waals surface area contributed by atoms with Crippen molar-refractivity contribution in [3.05, 3.63) is 30.3 Å². The lowest BCUT2D eigenvalue weighted by Crippen LogP contribution is -2.19. The second-order valence-corrected chi connectivity index (χ2v) is 3.76. The number of methoxy groups -OCH3 is 1. The molecule has 0 spiro atoms. The molecule has 0 saturated heterocycles. The fourth-order valence-electron chi connectivity index (χ4n) is 1.30. The second kappa shape index (κ2) is 6.18. The van der Waals surface area contributed by atoms with Crippen LogP contribution in [0.2, 0.25) is 0 Å². The summed E-state index contributed by atoms with van der Waals surface area (Å²) in [6, 6.07) is 5.75. The molecule has 0 radical (unpaired) electrons. The third-order valence-electron chi connectivity index (χ3n) is 2.23. The van der Waals surface area contributed by atoms with Gasteiger partial charge in [0.1, 0.15) is 18.1 Å². The molecule has 0 aliphatic heterocycles. The van der Waals surface area contributed by atoms with E-state index in [0.29, 0.717) is 6.61 Å². The third-order valence-corrected chi connectivity index (χ3v) is 2.23. The van der Waals surface area contributed by atoms with Gasteiger partial charge in [0.25, 0.3) is 0 Å². The number of hydrogen-bond acceptors (Lipinski definition) is 3. The topological polar surface area (TPSA) is 21.7 Å². The van der Waals surface area contributed by atoms with Crippen molar-refractivity contribution < 1.29 is 9.47 Å². The monoisotopic (exact) mass is 221 g/mol. The Bertz CT molecular complexity index is 348. The Labute approximate surface area is 97.3 Å². The molecule has 0 aromatic heterocycles. The van der Waals surface area contributed by atoms with E-state index in [2.05, 4.69) is 11.5 Å². The van der Waals surface area contributed by atoms with Crippen LogP contribution in [0.25, 0.3) is 6.08 Å². The van der Waals surface area contributed by atoms with Crippen LogP contribution in [0.4, 0.5) is 0 Å². The highest BCUT2D eigenvalue weighted by atomic mass is 16.5. The Morgan fingerprint density at radius 3 is 2.69 bits per heavy atom. The van der Waals surface area contributed by atoms with Gasteiger partial charge in [-0.15, -0.1) is 0 Å². The smallest absolute Gasteiger partial charge is 0.129 e. The van der Waals surface area contributed by atoms with Gasteiger partial charge >= 0.3 is 0 Å². The molecule has 0 heterocycles. The lowest BCUT2D eigenvalue weighted by molar-refractivity contribution is 0.260. The van der Waals surface area contributed by atoms with Crippen molar-refractivity contribution in [2.45, 2.75) is 0 Å². The molecule has 0 fully saturated rings. The predicted octanol–water partition coefficient (Wildman–Crippen LogP) is 2.28. The molecule has 0 unspecified atom stereocenters. The minimum absolute atomic E-state index is 0.670. The highest BCUT2D eigenvalue weighted by Crippen LogP contribution is 2.25. The molecule has 0 aliphatic rings. The normalized spacial score (nSPS) is 10.2. The maximum atomic E-state index is 5.60. The summed E-state index contributed by atoms with van der Waals surface area (Å²) in [5, 5.41) is 0. The summed E-state index contributed by atoms with van der Waals surface area (Å²) in [5.41, 5.74) is 0.974. The van der Waals surface area contributed by atoms with E-state index in [9.17, 15) is 0 Å². The summed E-state index contributed by atoms with van der Waals surface area (Å²) in [6.07, 6.45) is 1.77. The first-order valence-corrected chi connectivity index (χ1v) is 5.25. The van der Waals surface area contributed by atoms with Gasteiger partial charge in [-0.05, 0) is 26.2 Å². The fourth-order valence-corrected chi connectivity index (χ4v) is 1.30. The summed E-state index contributed by atoms with van der Waals surface area (Å²) >= 11 is 0. The van der Waals surface area contributed by atoms with Crippen molar-refractivity contribution in [3.63, 3.8) is 0 Å². The van der Waals surface area contributed by atoms with E-state index >= 15 is 0 Å². The van der Waals surface area contributed by atoms with E-state index in [1.54, 1.807) is 13.2 Å². The van der Waals surface area contributed by atoms with Crippen LogP contribution in [0.3, 0.4) is 0 Å². The molecule has 1 rings (SSSR count). The van der Waals surface area contributed by atoms with Crippen LogP contribution in [-0.4, -0.2) is 39.3 Å². The molecule has 3 nitrogen and oxygen atoms in total. The van der Waals surface area contributed by atoms with Gasteiger partial charge < -0.3 is 14.4 Å². The van der Waals surface area contributed by atoms with E-state index in [1.807, 2.05) is 32.3 Å². The van der Waals surface area contributed by atoms with E-state index in [1.165, 1.54) is 0 Å². The van der Waals surface area contributed by atoms with Crippen LogP contribution in [0.15, 0.2) is 24.8 Å². The van der Waals surface area contributed by atoms with Crippen molar-refractivity contribution in [2.24, 2.45) is 0 Å². The Morgan fingerprint density at radius 2 is 2.12 bits per heavy atom. The maximum Gasteiger partial charge on any atom is 0.129 e. The minimum atomic E-state index is 0.670. The van der Waals surface area contributed by atoms with Crippen LogP contribution < -0.4 is 9.47 Å². The molecular weight excluding hydrogens is 202 g/mol. The molecule has 1 aromatic carbocycles. The summed E-state index contributed by atoms with van der Waals surface area (Å²) in [5.74, 6) is 1.61. The van der Waals surface area contributed by atoms with Crippen molar-refractivity contribution >= 4 is 6.08 Å². The predicted molar refractivity (Wildman–Crippen MR) is 67.1 cm³/mol. The highest BCUT2D eigenvalue weighted by Gasteiger charge is 2.02. The van der Waals surface area contributed by atoms with Crippen molar-refractivity contribution in [1.29, 1.82) is 0 Å². The number of ether oxygens (including phenoxy) is 2. The Balaban J connectivity index is 2.64. The molecule has 1 aromatic rings. The fraction of sp³-hybridized carbons (Fsp3) is 0.385. The van der Waals surface area contributed by atoms with Crippen LogP contribution >= 0.6 is 0 Å². The van der Waals surface area contributed by atoms with Gasteiger partial charge in [-0.2, -0.15) is 0 Å². The van der Waals surface area contributed by atoms with E-state index in [4.69, 9.17) is 9.47 Å². The summed E-state index contributed by atoms with van der Waals surface area (Å²) in [7, 11) is 5.68. The van der Waals surface area contributed by atoms with Crippen molar-refractivity contribution in [1.82, 2.24) is 4.90 Å². The first-order chi connectivity index (χ1) is 7.67. The SMILES string of the molecule is C=Cc1ccc(OCCN(C)C)cc1OC. The zero-order valence-corrected chi connectivity index (χ0v) is 10.2.